The minimum atomic E-state index is 0.0430. The Morgan fingerprint density at radius 3 is 3.00 bits per heavy atom. The van der Waals surface area contributed by atoms with Gasteiger partial charge in [0.15, 0.2) is 0 Å². The molecular formula is C9H19N3O. The number of rotatable bonds is 3. The van der Waals surface area contributed by atoms with E-state index < -0.39 is 0 Å². The fourth-order valence-corrected chi connectivity index (χ4v) is 1.46. The summed E-state index contributed by atoms with van der Waals surface area (Å²) in [5.41, 5.74) is 5.70. The van der Waals surface area contributed by atoms with E-state index in [2.05, 4.69) is 12.2 Å². The van der Waals surface area contributed by atoms with E-state index in [0.29, 0.717) is 6.54 Å². The number of carbonyl (C=O) groups is 1. The van der Waals surface area contributed by atoms with Gasteiger partial charge in [0, 0.05) is 25.7 Å². The van der Waals surface area contributed by atoms with Crippen LogP contribution in [0.25, 0.3) is 0 Å². The lowest BCUT2D eigenvalue weighted by molar-refractivity contribution is 0.208. The van der Waals surface area contributed by atoms with Crippen molar-refractivity contribution in [3.8, 4) is 0 Å². The second-order valence-corrected chi connectivity index (χ2v) is 3.58. The Morgan fingerprint density at radius 2 is 2.46 bits per heavy atom. The van der Waals surface area contributed by atoms with Crippen molar-refractivity contribution >= 4 is 6.03 Å². The molecule has 0 spiro atoms. The summed E-state index contributed by atoms with van der Waals surface area (Å²) >= 11 is 0. The first-order valence-corrected chi connectivity index (χ1v) is 5.02. The first-order chi connectivity index (χ1) is 6.24. The zero-order valence-electron chi connectivity index (χ0n) is 8.25. The second kappa shape index (κ2) is 5.07. The summed E-state index contributed by atoms with van der Waals surface area (Å²) < 4.78 is 0. The number of unbranched alkanes of at least 4 members (excludes halogenated alkanes) is 1. The van der Waals surface area contributed by atoms with Gasteiger partial charge in [0.05, 0.1) is 0 Å². The van der Waals surface area contributed by atoms with E-state index in [1.807, 2.05) is 0 Å². The average Bonchev–Trinajstić information content (AvgIpc) is 2.52. The van der Waals surface area contributed by atoms with E-state index in [1.165, 1.54) is 0 Å². The van der Waals surface area contributed by atoms with Gasteiger partial charge in [0.25, 0.3) is 0 Å². The summed E-state index contributed by atoms with van der Waals surface area (Å²) in [7, 11) is 0. The monoisotopic (exact) mass is 185 g/mol. The molecule has 3 N–H and O–H groups in total. The SMILES string of the molecule is CCCCNC(=O)N1CC[C@H](N)C1. The molecule has 0 aromatic rings. The third kappa shape index (κ3) is 3.22. The molecule has 0 aliphatic carbocycles. The fraction of sp³-hybridized carbons (Fsp3) is 0.889. The van der Waals surface area contributed by atoms with Gasteiger partial charge < -0.3 is 16.0 Å². The van der Waals surface area contributed by atoms with Gasteiger partial charge in [-0.15, -0.1) is 0 Å². The molecule has 0 saturated carbocycles. The number of likely N-dealkylation sites (tertiary alicyclic amines) is 1. The normalized spacial score (nSPS) is 22.0. The van der Waals surface area contributed by atoms with E-state index in [4.69, 9.17) is 5.73 Å². The van der Waals surface area contributed by atoms with Crippen LogP contribution >= 0.6 is 0 Å². The van der Waals surface area contributed by atoms with Crippen molar-refractivity contribution in [2.75, 3.05) is 19.6 Å². The van der Waals surface area contributed by atoms with E-state index in [0.717, 1.165) is 32.4 Å². The molecule has 4 heteroatoms. The standard InChI is InChI=1S/C9H19N3O/c1-2-3-5-11-9(13)12-6-4-8(10)7-12/h8H,2-7,10H2,1H3,(H,11,13)/t8-/m0/s1. The van der Waals surface area contributed by atoms with Crippen molar-refractivity contribution in [3.63, 3.8) is 0 Å². The van der Waals surface area contributed by atoms with Gasteiger partial charge in [-0.3, -0.25) is 0 Å². The van der Waals surface area contributed by atoms with Crippen LogP contribution in [0, 0.1) is 0 Å². The molecular weight excluding hydrogens is 166 g/mol. The highest BCUT2D eigenvalue weighted by atomic mass is 16.2. The largest absolute Gasteiger partial charge is 0.338 e. The fourth-order valence-electron chi connectivity index (χ4n) is 1.46. The van der Waals surface area contributed by atoms with E-state index in [9.17, 15) is 4.79 Å². The molecule has 1 aliphatic rings. The number of nitrogens with zero attached hydrogens (tertiary/aromatic N) is 1. The Morgan fingerprint density at radius 1 is 1.69 bits per heavy atom. The Kier molecular flexibility index (Phi) is 4.02. The molecule has 0 unspecified atom stereocenters. The smallest absolute Gasteiger partial charge is 0.317 e. The quantitative estimate of drug-likeness (QED) is 0.630. The van der Waals surface area contributed by atoms with Crippen molar-refractivity contribution in [2.24, 2.45) is 5.73 Å². The van der Waals surface area contributed by atoms with Gasteiger partial charge in [-0.1, -0.05) is 13.3 Å². The number of nitrogens with one attached hydrogen (secondary N) is 1. The number of carbonyl (C=O) groups excluding carboxylic acids is 1. The zero-order valence-corrected chi connectivity index (χ0v) is 8.25. The number of nitrogens with two attached hydrogens (primary N) is 1. The first kappa shape index (κ1) is 10.3. The number of hydrogen-bond acceptors (Lipinski definition) is 2. The van der Waals surface area contributed by atoms with Crippen molar-refractivity contribution in [1.29, 1.82) is 0 Å². The van der Waals surface area contributed by atoms with Crippen molar-refractivity contribution in [2.45, 2.75) is 32.2 Å². The molecule has 4 nitrogen and oxygen atoms in total. The minimum absolute atomic E-state index is 0.0430. The van der Waals surface area contributed by atoms with Gasteiger partial charge in [-0.25, -0.2) is 4.79 Å². The van der Waals surface area contributed by atoms with Crippen LogP contribution in [0.1, 0.15) is 26.2 Å². The molecule has 76 valence electrons. The molecule has 2 amide bonds. The molecule has 1 rings (SSSR count). The summed E-state index contributed by atoms with van der Waals surface area (Å²) in [5, 5.41) is 2.88. The third-order valence-electron chi connectivity index (χ3n) is 2.32. The van der Waals surface area contributed by atoms with Gasteiger partial charge >= 0.3 is 6.03 Å². The highest BCUT2D eigenvalue weighted by Crippen LogP contribution is 2.06. The highest BCUT2D eigenvalue weighted by Gasteiger charge is 2.22. The predicted molar refractivity (Wildman–Crippen MR) is 52.5 cm³/mol. The van der Waals surface area contributed by atoms with Crippen LogP contribution < -0.4 is 11.1 Å². The minimum Gasteiger partial charge on any atom is -0.338 e. The number of amides is 2. The molecule has 0 aromatic heterocycles. The second-order valence-electron chi connectivity index (χ2n) is 3.58. The first-order valence-electron chi connectivity index (χ1n) is 5.02. The van der Waals surface area contributed by atoms with E-state index in [1.54, 1.807) is 4.90 Å². The van der Waals surface area contributed by atoms with E-state index >= 15 is 0 Å². The molecule has 13 heavy (non-hydrogen) atoms. The lowest BCUT2D eigenvalue weighted by atomic mass is 10.3. The van der Waals surface area contributed by atoms with Crippen LogP contribution in [0.15, 0.2) is 0 Å². The molecule has 1 heterocycles. The molecule has 0 bridgehead atoms. The Balaban J connectivity index is 2.16. The molecule has 1 aliphatic heterocycles. The van der Waals surface area contributed by atoms with Gasteiger partial charge in [-0.05, 0) is 12.8 Å². The highest BCUT2D eigenvalue weighted by molar-refractivity contribution is 5.74. The Hall–Kier alpha value is -0.770. The summed E-state index contributed by atoms with van der Waals surface area (Å²) in [5.74, 6) is 0. The van der Waals surface area contributed by atoms with Crippen LogP contribution in [0.5, 0.6) is 0 Å². The molecule has 0 aromatic carbocycles. The van der Waals surface area contributed by atoms with Crippen LogP contribution in [-0.2, 0) is 0 Å². The Labute approximate surface area is 79.5 Å². The molecule has 1 fully saturated rings. The lowest BCUT2D eigenvalue weighted by Crippen LogP contribution is -2.40. The third-order valence-corrected chi connectivity index (χ3v) is 2.32. The van der Waals surface area contributed by atoms with Gasteiger partial charge in [0.1, 0.15) is 0 Å². The molecule has 1 saturated heterocycles. The summed E-state index contributed by atoms with van der Waals surface area (Å²) in [6.07, 6.45) is 3.09. The molecule has 0 radical (unpaired) electrons. The van der Waals surface area contributed by atoms with Crippen molar-refractivity contribution < 1.29 is 4.79 Å². The van der Waals surface area contributed by atoms with Crippen LogP contribution in [0.4, 0.5) is 4.79 Å². The number of urea groups is 1. The lowest BCUT2D eigenvalue weighted by Gasteiger charge is -2.16. The van der Waals surface area contributed by atoms with Crippen molar-refractivity contribution in [3.05, 3.63) is 0 Å². The van der Waals surface area contributed by atoms with Crippen LogP contribution in [-0.4, -0.2) is 36.6 Å². The van der Waals surface area contributed by atoms with E-state index in [-0.39, 0.29) is 12.1 Å². The van der Waals surface area contributed by atoms with Gasteiger partial charge in [-0.2, -0.15) is 0 Å². The zero-order chi connectivity index (χ0) is 9.68. The summed E-state index contributed by atoms with van der Waals surface area (Å²) in [6.45, 7) is 4.40. The van der Waals surface area contributed by atoms with Gasteiger partial charge in [0.2, 0.25) is 0 Å². The maximum atomic E-state index is 11.4. The summed E-state index contributed by atoms with van der Waals surface area (Å²) in [6, 6.07) is 0.221. The number of hydrogen-bond donors (Lipinski definition) is 2. The Bertz CT molecular complexity index is 172. The molecule has 1 atom stereocenters. The maximum absolute atomic E-state index is 11.4. The predicted octanol–water partition coefficient (Wildman–Crippen LogP) is 0.529. The topological polar surface area (TPSA) is 58.4 Å². The average molecular weight is 185 g/mol. The maximum Gasteiger partial charge on any atom is 0.317 e. The summed E-state index contributed by atoms with van der Waals surface area (Å²) in [4.78, 5) is 13.2. The van der Waals surface area contributed by atoms with Crippen molar-refractivity contribution in [1.82, 2.24) is 10.2 Å². The van der Waals surface area contributed by atoms with Crippen LogP contribution in [0.3, 0.4) is 0 Å². The van der Waals surface area contributed by atoms with Crippen LogP contribution in [0.2, 0.25) is 0 Å².